The van der Waals surface area contributed by atoms with Crippen LogP contribution in [0.3, 0.4) is 0 Å². The van der Waals surface area contributed by atoms with E-state index in [1.165, 1.54) is 0 Å². The highest BCUT2D eigenvalue weighted by Crippen LogP contribution is 2.52. The van der Waals surface area contributed by atoms with E-state index in [-0.39, 0.29) is 17.4 Å². The zero-order valence-corrected chi connectivity index (χ0v) is 14.2. The predicted octanol–water partition coefficient (Wildman–Crippen LogP) is 3.20. The molecule has 3 nitrogen and oxygen atoms in total. The molecule has 3 saturated heterocycles. The molecule has 3 aliphatic rings. The van der Waals surface area contributed by atoms with Crippen LogP contribution in [0, 0.1) is 23.2 Å². The molecule has 0 N–H and O–H groups in total. The van der Waals surface area contributed by atoms with Crippen molar-refractivity contribution >= 4 is 5.78 Å². The van der Waals surface area contributed by atoms with Gasteiger partial charge in [-0.05, 0) is 42.3 Å². The summed E-state index contributed by atoms with van der Waals surface area (Å²) in [4.78, 5) is 20.0. The smallest absolute Gasteiger partial charge is 0.154 e. The lowest BCUT2D eigenvalue weighted by molar-refractivity contribution is -0.161. The molecule has 3 fully saturated rings. The van der Waals surface area contributed by atoms with Gasteiger partial charge in [-0.2, -0.15) is 0 Å². The van der Waals surface area contributed by atoms with E-state index in [0.717, 1.165) is 31.6 Å². The van der Waals surface area contributed by atoms with E-state index >= 15 is 0 Å². The Balaban J connectivity index is 1.87. The number of ketones is 1. The van der Waals surface area contributed by atoms with Gasteiger partial charge < -0.3 is 0 Å². The Morgan fingerprint density at radius 1 is 1.27 bits per heavy atom. The molecule has 22 heavy (non-hydrogen) atoms. The van der Waals surface area contributed by atoms with E-state index in [1.54, 1.807) is 0 Å². The van der Waals surface area contributed by atoms with Crippen LogP contribution in [0.1, 0.15) is 39.8 Å². The van der Waals surface area contributed by atoms with Crippen LogP contribution in [0.4, 0.5) is 0 Å². The lowest BCUT2D eigenvalue weighted by Gasteiger charge is -2.59. The van der Waals surface area contributed by atoms with E-state index in [2.05, 4.69) is 37.6 Å². The van der Waals surface area contributed by atoms with Crippen molar-refractivity contribution in [1.82, 2.24) is 9.88 Å². The molecule has 3 unspecified atom stereocenters. The summed E-state index contributed by atoms with van der Waals surface area (Å²) in [6.07, 6.45) is 3.62. The number of hydrogen-bond donors (Lipinski definition) is 0. The van der Waals surface area contributed by atoms with Crippen molar-refractivity contribution < 1.29 is 4.79 Å². The van der Waals surface area contributed by atoms with E-state index in [0.29, 0.717) is 17.6 Å². The summed E-state index contributed by atoms with van der Waals surface area (Å²) in [5.41, 5.74) is 1.18. The Morgan fingerprint density at radius 3 is 2.55 bits per heavy atom. The third-order valence-corrected chi connectivity index (χ3v) is 6.22. The van der Waals surface area contributed by atoms with Gasteiger partial charge in [-0.25, -0.2) is 0 Å². The molecule has 3 heteroatoms. The molecule has 0 saturated carbocycles. The number of Topliss-reactive ketones (excluding diaryl/α,β-unsaturated/α-hetero) is 1. The fourth-order valence-electron chi connectivity index (χ4n) is 4.97. The minimum atomic E-state index is 0.0410. The van der Waals surface area contributed by atoms with Crippen LogP contribution >= 0.6 is 0 Å². The van der Waals surface area contributed by atoms with Crippen LogP contribution < -0.4 is 0 Å². The lowest BCUT2D eigenvalue weighted by atomic mass is 9.54. The summed E-state index contributed by atoms with van der Waals surface area (Å²) >= 11 is 0. The topological polar surface area (TPSA) is 33.2 Å². The predicted molar refractivity (Wildman–Crippen MR) is 88.5 cm³/mol. The highest BCUT2D eigenvalue weighted by atomic mass is 16.1. The second-order valence-corrected chi connectivity index (χ2v) is 7.68. The van der Waals surface area contributed by atoms with Crippen LogP contribution in [-0.2, 0) is 11.2 Å². The van der Waals surface area contributed by atoms with E-state index in [1.807, 2.05) is 24.4 Å². The van der Waals surface area contributed by atoms with Crippen molar-refractivity contribution in [3.63, 3.8) is 0 Å². The third kappa shape index (κ3) is 2.30. The summed E-state index contributed by atoms with van der Waals surface area (Å²) in [6, 6.07) is 6.02. The second-order valence-electron chi connectivity index (χ2n) is 7.68. The van der Waals surface area contributed by atoms with E-state index in [9.17, 15) is 4.79 Å². The molecule has 0 aliphatic carbocycles. The van der Waals surface area contributed by atoms with Crippen LogP contribution in [0.25, 0.3) is 0 Å². The first kappa shape index (κ1) is 15.7. The number of pyridine rings is 1. The Kier molecular flexibility index (Phi) is 4.11. The van der Waals surface area contributed by atoms with E-state index < -0.39 is 0 Å². The SMILES string of the molecule is CC(C)C1(C(C)C)CN2CCC1C(=O)C2Cc1ccccn1. The molecule has 1 aromatic rings. The van der Waals surface area contributed by atoms with Gasteiger partial charge in [0.05, 0.1) is 6.04 Å². The average Bonchev–Trinajstić information content (AvgIpc) is 2.51. The van der Waals surface area contributed by atoms with E-state index in [4.69, 9.17) is 0 Å². The molecule has 0 aromatic carbocycles. The van der Waals surface area contributed by atoms with Gasteiger partial charge in [0.25, 0.3) is 0 Å². The van der Waals surface area contributed by atoms with Crippen LogP contribution in [0.2, 0.25) is 0 Å². The molecule has 4 rings (SSSR count). The summed E-state index contributed by atoms with van der Waals surface area (Å²) < 4.78 is 0. The number of carbonyl (C=O) groups excluding carboxylic acids is 1. The van der Waals surface area contributed by atoms with Crippen LogP contribution in [-0.4, -0.2) is 34.8 Å². The quantitative estimate of drug-likeness (QED) is 0.856. The van der Waals surface area contributed by atoms with Crippen molar-refractivity contribution in [1.29, 1.82) is 0 Å². The zero-order valence-electron chi connectivity index (χ0n) is 14.2. The number of hydrogen-bond acceptors (Lipinski definition) is 3. The van der Waals surface area contributed by atoms with Crippen molar-refractivity contribution in [3.8, 4) is 0 Å². The van der Waals surface area contributed by atoms with Crippen LogP contribution in [0.5, 0.6) is 0 Å². The molecular formula is C19H28N2O. The maximum Gasteiger partial charge on any atom is 0.154 e. The molecule has 0 amide bonds. The Hall–Kier alpha value is -1.22. The van der Waals surface area contributed by atoms with Crippen LogP contribution in [0.15, 0.2) is 24.4 Å². The summed E-state index contributed by atoms with van der Waals surface area (Å²) in [5.74, 6) is 1.77. The maximum atomic E-state index is 13.1. The first-order valence-corrected chi connectivity index (χ1v) is 8.64. The summed E-state index contributed by atoms with van der Waals surface area (Å²) in [5, 5.41) is 0. The molecule has 0 radical (unpaired) electrons. The monoisotopic (exact) mass is 300 g/mol. The second kappa shape index (κ2) is 5.77. The molecule has 1 aromatic heterocycles. The fraction of sp³-hybridized carbons (Fsp3) is 0.684. The minimum Gasteiger partial charge on any atom is -0.298 e. The normalized spacial score (nSPS) is 30.3. The first-order valence-electron chi connectivity index (χ1n) is 8.64. The summed E-state index contributed by atoms with van der Waals surface area (Å²) in [7, 11) is 0. The highest BCUT2D eigenvalue weighted by Gasteiger charge is 2.57. The Bertz CT molecular complexity index is 530. The van der Waals surface area contributed by atoms with Gasteiger partial charge in [0.2, 0.25) is 0 Å². The average molecular weight is 300 g/mol. The number of nitrogens with zero attached hydrogens (tertiary/aromatic N) is 2. The minimum absolute atomic E-state index is 0.0410. The van der Waals surface area contributed by atoms with Crippen molar-refractivity contribution in [2.75, 3.05) is 13.1 Å². The molecule has 2 bridgehead atoms. The molecular weight excluding hydrogens is 272 g/mol. The summed E-state index contributed by atoms with van der Waals surface area (Å²) in [6.45, 7) is 11.3. The lowest BCUT2D eigenvalue weighted by Crippen LogP contribution is -2.67. The molecule has 120 valence electrons. The van der Waals surface area contributed by atoms with Gasteiger partial charge in [-0.1, -0.05) is 33.8 Å². The number of fused-ring (bicyclic) bond motifs is 3. The third-order valence-electron chi connectivity index (χ3n) is 6.22. The Labute approximate surface area is 134 Å². The van der Waals surface area contributed by atoms with Gasteiger partial charge in [-0.15, -0.1) is 0 Å². The molecule has 4 heterocycles. The van der Waals surface area contributed by atoms with Crippen molar-refractivity contribution in [3.05, 3.63) is 30.1 Å². The van der Waals surface area contributed by atoms with Gasteiger partial charge in [-0.3, -0.25) is 14.7 Å². The fourth-order valence-corrected chi connectivity index (χ4v) is 4.97. The number of rotatable bonds is 4. The standard InChI is InChI=1S/C19H28N2O/c1-13(2)19(14(3)4)12-21-10-8-16(19)18(22)17(21)11-15-7-5-6-9-20-15/h5-7,9,13-14,16-17H,8,10-12H2,1-4H3. The van der Waals surface area contributed by atoms with Crippen molar-refractivity contribution in [2.45, 2.75) is 46.6 Å². The number of aromatic nitrogens is 1. The number of carbonyl (C=O) groups is 1. The van der Waals surface area contributed by atoms with Gasteiger partial charge >= 0.3 is 0 Å². The molecule has 3 atom stereocenters. The maximum absolute atomic E-state index is 13.1. The highest BCUT2D eigenvalue weighted by molar-refractivity contribution is 5.89. The zero-order chi connectivity index (χ0) is 15.9. The Morgan fingerprint density at radius 2 is 2.00 bits per heavy atom. The van der Waals surface area contributed by atoms with Gasteiger partial charge in [0, 0.05) is 30.8 Å². The molecule has 0 spiro atoms. The first-order chi connectivity index (χ1) is 10.5. The van der Waals surface area contributed by atoms with Gasteiger partial charge in [0.1, 0.15) is 0 Å². The molecule has 3 aliphatic heterocycles. The van der Waals surface area contributed by atoms with Crippen molar-refractivity contribution in [2.24, 2.45) is 23.2 Å². The largest absolute Gasteiger partial charge is 0.298 e. The number of piperidine rings is 3. The van der Waals surface area contributed by atoms with Gasteiger partial charge in [0.15, 0.2) is 5.78 Å².